The fourth-order valence-electron chi connectivity index (χ4n) is 2.43. The molecule has 0 atom stereocenters. The van der Waals surface area contributed by atoms with Crippen molar-refractivity contribution < 1.29 is 18.4 Å². The first-order chi connectivity index (χ1) is 13.2. The molecule has 0 amide bonds. The van der Waals surface area contributed by atoms with Crippen LogP contribution in [0.2, 0.25) is 0 Å². The quantitative estimate of drug-likeness (QED) is 0.452. The molecule has 0 spiro atoms. The van der Waals surface area contributed by atoms with Gasteiger partial charge in [-0.25, -0.2) is 4.39 Å². The largest absolute Gasteiger partial charge is 0.484 e. The van der Waals surface area contributed by atoms with Gasteiger partial charge in [-0.05, 0) is 60.0 Å². The molecule has 0 radical (unpaired) electrons. The van der Waals surface area contributed by atoms with Gasteiger partial charge in [-0.3, -0.25) is 4.79 Å². The Morgan fingerprint density at radius 1 is 1.04 bits per heavy atom. The average molecular weight is 380 g/mol. The first kappa shape index (κ1) is 17.1. The van der Waals surface area contributed by atoms with Gasteiger partial charge in [-0.1, -0.05) is 11.2 Å². The van der Waals surface area contributed by atoms with Crippen LogP contribution in [0.15, 0.2) is 70.6 Å². The topological polar surface area (TPSA) is 65.2 Å². The van der Waals surface area contributed by atoms with Crippen molar-refractivity contribution in [3.8, 4) is 16.5 Å². The van der Waals surface area contributed by atoms with Crippen LogP contribution >= 0.6 is 11.3 Å². The molecular formula is C20H13FN2O3S. The predicted octanol–water partition coefficient (Wildman–Crippen LogP) is 4.75. The van der Waals surface area contributed by atoms with Crippen molar-refractivity contribution in [3.05, 3.63) is 88.9 Å². The van der Waals surface area contributed by atoms with Gasteiger partial charge in [0, 0.05) is 11.1 Å². The predicted molar refractivity (Wildman–Crippen MR) is 98.2 cm³/mol. The van der Waals surface area contributed by atoms with Crippen molar-refractivity contribution in [1.29, 1.82) is 0 Å². The van der Waals surface area contributed by atoms with Gasteiger partial charge >= 0.3 is 0 Å². The minimum absolute atomic E-state index is 0.129. The molecule has 0 saturated heterocycles. The highest BCUT2D eigenvalue weighted by molar-refractivity contribution is 7.13. The third-order valence-corrected chi connectivity index (χ3v) is 4.66. The molecule has 2 aromatic heterocycles. The Kier molecular flexibility index (Phi) is 4.76. The summed E-state index contributed by atoms with van der Waals surface area (Å²) in [5, 5.41) is 5.86. The Balaban J connectivity index is 1.39. The van der Waals surface area contributed by atoms with Crippen LogP contribution in [0.25, 0.3) is 10.7 Å². The fourth-order valence-corrected chi connectivity index (χ4v) is 3.08. The Bertz CT molecular complexity index is 1040. The van der Waals surface area contributed by atoms with E-state index >= 15 is 0 Å². The maximum Gasteiger partial charge on any atom is 0.264 e. The van der Waals surface area contributed by atoms with Crippen LogP contribution < -0.4 is 4.74 Å². The lowest BCUT2D eigenvalue weighted by molar-refractivity contribution is 0.103. The molecule has 0 bridgehead atoms. The number of rotatable bonds is 6. The third kappa shape index (κ3) is 3.93. The van der Waals surface area contributed by atoms with Crippen LogP contribution in [0.4, 0.5) is 4.39 Å². The maximum atomic E-state index is 13.0. The number of nitrogens with zero attached hydrogens (tertiary/aromatic N) is 2. The molecule has 4 rings (SSSR count). The summed E-state index contributed by atoms with van der Waals surface area (Å²) >= 11 is 1.53. The third-order valence-electron chi connectivity index (χ3n) is 3.79. The van der Waals surface area contributed by atoms with Crippen LogP contribution in [0.3, 0.4) is 0 Å². The zero-order valence-electron chi connectivity index (χ0n) is 14.0. The Labute approximate surface area is 158 Å². The first-order valence-electron chi connectivity index (χ1n) is 8.08. The SMILES string of the molecule is O=C(c1ccc(F)cc1)c1ccc(OCc2nc(-c3cccs3)no2)cc1. The minimum Gasteiger partial charge on any atom is -0.484 e. The molecule has 2 heterocycles. The molecule has 0 unspecified atom stereocenters. The number of carbonyl (C=O) groups excluding carboxylic acids is 1. The molecule has 27 heavy (non-hydrogen) atoms. The Morgan fingerprint density at radius 3 is 2.41 bits per heavy atom. The van der Waals surface area contributed by atoms with E-state index in [2.05, 4.69) is 10.1 Å². The highest BCUT2D eigenvalue weighted by atomic mass is 32.1. The zero-order chi connectivity index (χ0) is 18.6. The van der Waals surface area contributed by atoms with Crippen molar-refractivity contribution in [3.63, 3.8) is 0 Å². The number of hydrogen-bond donors (Lipinski definition) is 0. The van der Waals surface area contributed by atoms with E-state index in [0.29, 0.717) is 28.6 Å². The van der Waals surface area contributed by atoms with E-state index in [0.717, 1.165) is 4.88 Å². The lowest BCUT2D eigenvalue weighted by Crippen LogP contribution is -2.01. The zero-order valence-corrected chi connectivity index (χ0v) is 14.8. The highest BCUT2D eigenvalue weighted by Crippen LogP contribution is 2.22. The smallest absolute Gasteiger partial charge is 0.264 e. The fraction of sp³-hybridized carbons (Fsp3) is 0.0500. The van der Waals surface area contributed by atoms with E-state index in [-0.39, 0.29) is 18.2 Å². The van der Waals surface area contributed by atoms with E-state index in [1.807, 2.05) is 17.5 Å². The molecule has 7 heteroatoms. The summed E-state index contributed by atoms with van der Waals surface area (Å²) in [5.74, 6) is 0.910. The summed E-state index contributed by atoms with van der Waals surface area (Å²) in [6.07, 6.45) is 0. The maximum absolute atomic E-state index is 13.0. The summed E-state index contributed by atoms with van der Waals surface area (Å²) in [7, 11) is 0. The number of hydrogen-bond acceptors (Lipinski definition) is 6. The van der Waals surface area contributed by atoms with Crippen molar-refractivity contribution >= 4 is 17.1 Å². The van der Waals surface area contributed by atoms with Gasteiger partial charge in [-0.15, -0.1) is 11.3 Å². The van der Waals surface area contributed by atoms with Gasteiger partial charge in [0.05, 0.1) is 4.88 Å². The van der Waals surface area contributed by atoms with Gasteiger partial charge in [-0.2, -0.15) is 4.98 Å². The summed E-state index contributed by atoms with van der Waals surface area (Å²) in [6, 6.07) is 16.0. The number of benzene rings is 2. The molecule has 0 aliphatic rings. The van der Waals surface area contributed by atoms with E-state index in [1.165, 1.54) is 35.6 Å². The number of thiophene rings is 1. The second-order valence-corrected chi connectivity index (χ2v) is 6.59. The molecule has 0 fully saturated rings. The normalized spacial score (nSPS) is 10.7. The van der Waals surface area contributed by atoms with E-state index in [9.17, 15) is 9.18 Å². The Hall–Kier alpha value is -3.32. The molecular weight excluding hydrogens is 367 g/mol. The van der Waals surface area contributed by atoms with Crippen LogP contribution in [-0.4, -0.2) is 15.9 Å². The van der Waals surface area contributed by atoms with Gasteiger partial charge in [0.25, 0.3) is 5.89 Å². The molecule has 4 aromatic rings. The Morgan fingerprint density at radius 2 is 1.74 bits per heavy atom. The van der Waals surface area contributed by atoms with Crippen molar-refractivity contribution in [2.24, 2.45) is 0 Å². The minimum atomic E-state index is -0.376. The molecule has 0 saturated carbocycles. The molecule has 2 aromatic carbocycles. The van der Waals surface area contributed by atoms with Gasteiger partial charge in [0.1, 0.15) is 11.6 Å². The van der Waals surface area contributed by atoms with Crippen molar-refractivity contribution in [2.45, 2.75) is 6.61 Å². The standard InChI is InChI=1S/C20H13FN2O3S/c21-15-7-3-13(4-8-15)19(24)14-5-9-16(10-6-14)25-12-18-22-20(23-26-18)17-2-1-11-27-17/h1-11H,12H2. The van der Waals surface area contributed by atoms with E-state index < -0.39 is 0 Å². The molecule has 0 aliphatic heterocycles. The number of aromatic nitrogens is 2. The van der Waals surface area contributed by atoms with Crippen LogP contribution in [0, 0.1) is 5.82 Å². The number of halogens is 1. The molecule has 0 aliphatic carbocycles. The summed E-state index contributed by atoms with van der Waals surface area (Å²) < 4.78 is 23.8. The second-order valence-electron chi connectivity index (χ2n) is 5.64. The van der Waals surface area contributed by atoms with Crippen molar-refractivity contribution in [1.82, 2.24) is 10.1 Å². The highest BCUT2D eigenvalue weighted by Gasteiger charge is 2.11. The number of ketones is 1. The van der Waals surface area contributed by atoms with Crippen LogP contribution in [0.5, 0.6) is 5.75 Å². The van der Waals surface area contributed by atoms with E-state index in [1.54, 1.807) is 24.3 Å². The van der Waals surface area contributed by atoms with Gasteiger partial charge in [0.2, 0.25) is 5.82 Å². The van der Waals surface area contributed by atoms with Gasteiger partial charge in [0.15, 0.2) is 12.4 Å². The monoisotopic (exact) mass is 380 g/mol. The second kappa shape index (κ2) is 7.51. The van der Waals surface area contributed by atoms with Crippen LogP contribution in [-0.2, 0) is 6.61 Å². The molecule has 134 valence electrons. The summed E-state index contributed by atoms with van der Waals surface area (Å²) in [6.45, 7) is 0.129. The lowest BCUT2D eigenvalue weighted by atomic mass is 10.0. The number of ether oxygens (including phenoxy) is 1. The van der Waals surface area contributed by atoms with Crippen molar-refractivity contribution in [2.75, 3.05) is 0 Å². The average Bonchev–Trinajstić information content (AvgIpc) is 3.38. The summed E-state index contributed by atoms with van der Waals surface area (Å²) in [5.41, 5.74) is 0.920. The number of carbonyl (C=O) groups is 1. The van der Waals surface area contributed by atoms with Gasteiger partial charge < -0.3 is 9.26 Å². The van der Waals surface area contributed by atoms with Crippen LogP contribution in [0.1, 0.15) is 21.8 Å². The molecule has 5 nitrogen and oxygen atoms in total. The molecule has 0 N–H and O–H groups in total. The first-order valence-corrected chi connectivity index (χ1v) is 8.96. The lowest BCUT2D eigenvalue weighted by Gasteiger charge is -2.05. The summed E-state index contributed by atoms with van der Waals surface area (Å²) in [4.78, 5) is 17.6. The van der Waals surface area contributed by atoms with E-state index in [4.69, 9.17) is 9.26 Å².